The third kappa shape index (κ3) is 6.51. The van der Waals surface area contributed by atoms with Gasteiger partial charge in [-0.25, -0.2) is 0 Å². The van der Waals surface area contributed by atoms with Gasteiger partial charge in [-0.3, -0.25) is 0 Å². The monoisotopic (exact) mass is 856 g/mol. The van der Waals surface area contributed by atoms with Gasteiger partial charge in [0.05, 0.1) is 17.1 Å². The molecule has 10 aromatic rings. The van der Waals surface area contributed by atoms with Crippen LogP contribution in [0.5, 0.6) is 11.5 Å². The number of nitrogens with zero attached hydrogens (tertiary/aromatic N) is 4. The summed E-state index contributed by atoms with van der Waals surface area (Å²) in [5, 5.41) is 3.64. The zero-order valence-electron chi connectivity index (χ0n) is 34.6. The van der Waals surface area contributed by atoms with Gasteiger partial charge in [0.1, 0.15) is 6.67 Å². The van der Waals surface area contributed by atoms with E-state index in [2.05, 4.69) is 223 Å². The first-order chi connectivity index (χ1) is 29.8. The molecule has 0 N–H and O–H groups in total. The number of rotatable bonds is 7. The van der Waals surface area contributed by atoms with Crippen molar-refractivity contribution in [3.05, 3.63) is 192 Å². The van der Waals surface area contributed by atoms with Crippen LogP contribution in [0.25, 0.3) is 59.7 Å². The molecule has 0 saturated heterocycles. The van der Waals surface area contributed by atoms with Crippen molar-refractivity contribution in [2.75, 3.05) is 16.5 Å². The summed E-state index contributed by atoms with van der Waals surface area (Å²) in [6.07, 6.45) is 0. The number of para-hydroxylation sites is 3. The van der Waals surface area contributed by atoms with Crippen LogP contribution in [0.1, 0.15) is 31.9 Å². The van der Waals surface area contributed by atoms with Crippen molar-refractivity contribution in [2.45, 2.75) is 33.1 Å². The van der Waals surface area contributed by atoms with E-state index in [1.807, 2.05) is 0 Å². The second-order valence-electron chi connectivity index (χ2n) is 17.0. The Morgan fingerprint density at radius 2 is 1.20 bits per heavy atom. The van der Waals surface area contributed by atoms with Crippen LogP contribution in [0.15, 0.2) is 181 Å². The molecule has 5 nitrogen and oxygen atoms in total. The van der Waals surface area contributed by atoms with Crippen LogP contribution < -0.4 is 14.5 Å². The molecule has 7 aromatic carbocycles. The Morgan fingerprint density at radius 1 is 0.557 bits per heavy atom. The summed E-state index contributed by atoms with van der Waals surface area (Å²) in [5.74, 6) is 2.50. The summed E-state index contributed by atoms with van der Waals surface area (Å²) < 4.78 is 10.3. The van der Waals surface area contributed by atoms with E-state index < -0.39 is 0 Å². The van der Waals surface area contributed by atoms with Gasteiger partial charge in [0.25, 0.3) is 0 Å². The van der Waals surface area contributed by atoms with Crippen molar-refractivity contribution in [3.8, 4) is 39.6 Å². The number of anilines is 4. The second-order valence-corrected chi connectivity index (χ2v) is 18.8. The second kappa shape index (κ2) is 14.7. The maximum absolute atomic E-state index is 6.79. The first-order valence-electron chi connectivity index (χ1n) is 20.9. The van der Waals surface area contributed by atoms with Crippen molar-refractivity contribution < 1.29 is 4.74 Å². The van der Waals surface area contributed by atoms with E-state index in [0.29, 0.717) is 6.67 Å². The molecule has 4 heterocycles. The fourth-order valence-electron chi connectivity index (χ4n) is 8.98. The minimum atomic E-state index is -0.0437. The number of pyridine rings is 1. The molecule has 0 spiro atoms. The summed E-state index contributed by atoms with van der Waals surface area (Å²) in [4.78, 5) is 12.4. The summed E-state index contributed by atoms with van der Waals surface area (Å²) in [7, 11) is 0. The Hall–Kier alpha value is -6.85. The molecule has 0 bridgehead atoms. The molecule has 1 aliphatic rings. The molecule has 1 aliphatic heterocycles. The van der Waals surface area contributed by atoms with Crippen LogP contribution in [0.4, 0.5) is 22.7 Å². The van der Waals surface area contributed by atoms with Gasteiger partial charge in [0.2, 0.25) is 0 Å². The third-order valence-corrected chi connectivity index (χ3v) is 13.7. The average Bonchev–Trinajstić information content (AvgIpc) is 4.01. The molecule has 6 heteroatoms. The number of hydrogen-bond acceptors (Lipinski definition) is 4. The van der Waals surface area contributed by atoms with Gasteiger partial charge in [-0.15, -0.1) is 0 Å². The van der Waals surface area contributed by atoms with E-state index in [4.69, 9.17) is 9.72 Å². The summed E-state index contributed by atoms with van der Waals surface area (Å²) in [6.45, 7) is 9.73. The van der Waals surface area contributed by atoms with Gasteiger partial charge in [0, 0.05) is 11.1 Å². The Kier molecular flexibility index (Phi) is 8.96. The topological polar surface area (TPSA) is 33.5 Å². The van der Waals surface area contributed by atoms with Gasteiger partial charge < -0.3 is 4.90 Å². The predicted molar refractivity (Wildman–Crippen MR) is 256 cm³/mol. The van der Waals surface area contributed by atoms with Gasteiger partial charge in [-0.2, -0.15) is 0 Å². The van der Waals surface area contributed by atoms with Crippen LogP contribution >= 0.6 is 0 Å². The molecule has 0 radical (unpaired) electrons. The van der Waals surface area contributed by atoms with E-state index in [-0.39, 0.29) is 19.9 Å². The Morgan fingerprint density at radius 3 is 1.92 bits per heavy atom. The predicted octanol–water partition coefficient (Wildman–Crippen LogP) is 14.4. The average molecular weight is 856 g/mol. The number of hydrogen-bond donors (Lipinski definition) is 0. The molecular formula is C55H44N4OSe. The fourth-order valence-corrected chi connectivity index (χ4v) is 10.7. The van der Waals surface area contributed by atoms with E-state index in [1.54, 1.807) is 0 Å². The first-order valence-corrected chi connectivity index (χ1v) is 22.7. The SMILES string of the molecule is Cc1cc(-n2c3ccccc3c3ccc(Oc4cccc(N5CN(c6c(-c7ccccc7)cc(C(C)(C)C)cc6-c6ccccc6)c6ccccc65)c4)cc32)nc2[se]ccc12. The molecule has 0 unspecified atom stereocenters. The van der Waals surface area contributed by atoms with Crippen LogP contribution in [-0.4, -0.2) is 30.7 Å². The quantitative estimate of drug-likeness (QED) is 0.150. The number of ether oxygens (including phenoxy) is 1. The summed E-state index contributed by atoms with van der Waals surface area (Å²) in [6, 6.07) is 63.3. The molecule has 11 rings (SSSR count). The summed E-state index contributed by atoms with van der Waals surface area (Å²) >= 11 is 0.242. The molecular weight excluding hydrogens is 812 g/mol. The van der Waals surface area contributed by atoms with Crippen molar-refractivity contribution in [1.82, 2.24) is 9.55 Å². The minimum absolute atomic E-state index is 0.0437. The first kappa shape index (κ1) is 37.2. The van der Waals surface area contributed by atoms with E-state index in [0.717, 1.165) is 45.4 Å². The number of aryl methyl sites for hydroxylation is 1. The number of aromatic nitrogens is 2. The van der Waals surface area contributed by atoms with Crippen molar-refractivity contribution in [1.29, 1.82) is 0 Å². The standard InChI is InChI=1S/C55H44N4OSe/c1-36-30-52(56-54-43(36)28-29-61-54)59-48-23-12-11-22-44(48)45-27-26-42(34-51(45)59)60-41-21-15-20-40(33-41)57-35-58(50-25-14-13-24-49(50)57)53-46(37-16-7-5-8-17-37)31-39(55(2,3)4)32-47(53)38-18-9-6-10-19-38/h5-34H,35H2,1-4H3. The number of fused-ring (bicyclic) bond motifs is 5. The van der Waals surface area contributed by atoms with E-state index in [9.17, 15) is 0 Å². The molecule has 61 heavy (non-hydrogen) atoms. The molecule has 0 fully saturated rings. The van der Waals surface area contributed by atoms with E-state index in [1.165, 1.54) is 59.6 Å². The fraction of sp³-hybridized carbons (Fsp3) is 0.109. The number of benzene rings is 7. The molecule has 3 aromatic heterocycles. The van der Waals surface area contributed by atoms with Crippen LogP contribution in [0, 0.1) is 6.92 Å². The Balaban J connectivity index is 0.998. The summed E-state index contributed by atoms with van der Waals surface area (Å²) in [5.41, 5.74) is 14.1. The molecule has 296 valence electrons. The van der Waals surface area contributed by atoms with Crippen molar-refractivity contribution in [3.63, 3.8) is 0 Å². The van der Waals surface area contributed by atoms with Gasteiger partial charge in [0.15, 0.2) is 0 Å². The zero-order valence-corrected chi connectivity index (χ0v) is 36.3. The van der Waals surface area contributed by atoms with Crippen LogP contribution in [0.2, 0.25) is 0 Å². The van der Waals surface area contributed by atoms with E-state index >= 15 is 0 Å². The Labute approximate surface area is 362 Å². The van der Waals surface area contributed by atoms with Crippen molar-refractivity contribution in [2.24, 2.45) is 0 Å². The van der Waals surface area contributed by atoms with Gasteiger partial charge >= 0.3 is 185 Å². The van der Waals surface area contributed by atoms with Crippen LogP contribution in [-0.2, 0) is 5.41 Å². The van der Waals surface area contributed by atoms with Gasteiger partial charge in [-0.1, -0.05) is 93.6 Å². The maximum atomic E-state index is 6.79. The van der Waals surface area contributed by atoms with Crippen molar-refractivity contribution >= 4 is 68.8 Å². The van der Waals surface area contributed by atoms with Crippen LogP contribution in [0.3, 0.4) is 0 Å². The zero-order chi connectivity index (χ0) is 41.2. The normalized spacial score (nSPS) is 12.8. The molecule has 0 amide bonds. The molecule has 0 atom stereocenters. The van der Waals surface area contributed by atoms with Gasteiger partial charge in [-0.05, 0) is 46.4 Å². The molecule has 0 saturated carbocycles. The Bertz CT molecular complexity index is 3210. The molecule has 0 aliphatic carbocycles. The third-order valence-electron chi connectivity index (χ3n) is 12.0.